The van der Waals surface area contributed by atoms with E-state index in [1.165, 1.54) is 43.8 Å². The van der Waals surface area contributed by atoms with Crippen LogP contribution in [0.5, 0.6) is 0 Å². The van der Waals surface area contributed by atoms with Crippen LogP contribution in [0.3, 0.4) is 0 Å². The van der Waals surface area contributed by atoms with Crippen molar-refractivity contribution >= 4 is 89.1 Å². The van der Waals surface area contributed by atoms with Gasteiger partial charge in [0.25, 0.3) is 5.91 Å². The fraction of sp³-hybridized carbons (Fsp3) is 0.0137. The minimum atomic E-state index is -1.16. The number of fused-ring (bicyclic) bond motifs is 8. The van der Waals surface area contributed by atoms with Crippen LogP contribution in [0.4, 0.5) is 45.5 Å². The van der Waals surface area contributed by atoms with Crippen molar-refractivity contribution in [3.8, 4) is 33.6 Å². The Morgan fingerprint density at radius 2 is 0.456 bits per heavy atom. The van der Waals surface area contributed by atoms with Gasteiger partial charge < -0.3 is 9.13 Å². The minimum Gasteiger partial charge on any atom is -0.309 e. The average molecular weight is 1010 g/mol. The molecule has 6 heteroatoms. The molecule has 0 atom stereocenters. The number of anilines is 8. The molecule has 4 heterocycles. The minimum absolute atomic E-state index is 1.05. The predicted molar refractivity (Wildman–Crippen MR) is 329 cm³/mol. The predicted octanol–water partition coefficient (Wildman–Crippen LogP) is 19.1. The van der Waals surface area contributed by atoms with Crippen LogP contribution in [0.15, 0.2) is 303 Å². The van der Waals surface area contributed by atoms with E-state index in [9.17, 15) is 0 Å². The standard InChI is InChI=1S/C73H50N6/c1-7-23-51(24-8-1)53-39-43-55(44-40-53)74-65-37-21-19-35-61(65)63-47-69-71(49-67(63)74)78(59-31-15-5-16-32-59)73(76(69)57-27-11-3-12-28-57)77(58-29-13-4-14-30-58)70-48-64-62-36-20-22-38-66(62)75(56-45-41-54(42-46-56)52-25-9-2-10-26-52)68(64)50-72(70)79(73)60-33-17-6-18-34-60/h1-50H. The molecular formula is C73H50N6. The molecular weight excluding hydrogens is 961 g/mol. The van der Waals surface area contributed by atoms with Gasteiger partial charge in [0.2, 0.25) is 0 Å². The third-order valence-electron chi connectivity index (χ3n) is 16.2. The number of benzene rings is 12. The van der Waals surface area contributed by atoms with Gasteiger partial charge in [-0.3, -0.25) is 19.6 Å². The zero-order valence-corrected chi connectivity index (χ0v) is 43.1. The normalized spacial score (nSPS) is 13.6. The van der Waals surface area contributed by atoms with Crippen LogP contribution in [-0.2, 0) is 0 Å². The first-order valence-electron chi connectivity index (χ1n) is 27.1. The number of rotatable bonds is 8. The molecule has 0 saturated carbocycles. The van der Waals surface area contributed by atoms with Crippen molar-refractivity contribution in [2.75, 3.05) is 19.6 Å². The lowest BCUT2D eigenvalue weighted by Crippen LogP contribution is -2.70. The lowest BCUT2D eigenvalue weighted by atomic mass is 10.1. The molecule has 14 aromatic rings. The lowest BCUT2D eigenvalue weighted by Gasteiger charge is -2.53. The zero-order valence-electron chi connectivity index (χ0n) is 43.1. The molecule has 79 heavy (non-hydrogen) atoms. The zero-order chi connectivity index (χ0) is 52.0. The maximum atomic E-state index is 2.61. The Kier molecular flexibility index (Phi) is 10.1. The highest BCUT2D eigenvalue weighted by atomic mass is 15.8. The second-order valence-electron chi connectivity index (χ2n) is 20.5. The maximum absolute atomic E-state index is 2.61. The average Bonchev–Trinajstić information content (AvgIpc) is 4.21. The first-order valence-corrected chi connectivity index (χ1v) is 27.1. The Morgan fingerprint density at radius 3 is 0.785 bits per heavy atom. The molecule has 2 aliphatic rings. The number of nitrogens with zero attached hydrogens (tertiary/aromatic N) is 6. The van der Waals surface area contributed by atoms with Gasteiger partial charge in [-0.1, -0.05) is 194 Å². The highest BCUT2D eigenvalue weighted by Gasteiger charge is 2.65. The number of aromatic nitrogens is 2. The molecule has 6 nitrogen and oxygen atoms in total. The third-order valence-corrected chi connectivity index (χ3v) is 16.2. The summed E-state index contributed by atoms with van der Waals surface area (Å²) in [4.78, 5) is 10.4. The van der Waals surface area contributed by atoms with Crippen molar-refractivity contribution in [2.24, 2.45) is 0 Å². The highest BCUT2D eigenvalue weighted by molar-refractivity contribution is 6.17. The fourth-order valence-electron chi connectivity index (χ4n) is 12.9. The molecule has 0 bridgehead atoms. The number of hydrogen-bond acceptors (Lipinski definition) is 4. The van der Waals surface area contributed by atoms with Gasteiger partial charge in [-0.2, -0.15) is 0 Å². The molecule has 0 fully saturated rings. The highest BCUT2D eigenvalue weighted by Crippen LogP contribution is 2.66. The molecule has 2 aliphatic heterocycles. The van der Waals surface area contributed by atoms with Crippen LogP contribution in [-0.4, -0.2) is 15.0 Å². The second-order valence-corrected chi connectivity index (χ2v) is 20.5. The van der Waals surface area contributed by atoms with Gasteiger partial charge >= 0.3 is 0 Å². The summed E-state index contributed by atoms with van der Waals surface area (Å²) in [6, 6.07) is 111. The summed E-state index contributed by atoms with van der Waals surface area (Å²) in [7, 11) is 0. The van der Waals surface area contributed by atoms with Gasteiger partial charge in [-0.05, 0) is 131 Å². The lowest BCUT2D eigenvalue weighted by molar-refractivity contribution is 0.480. The van der Waals surface area contributed by atoms with Crippen LogP contribution >= 0.6 is 0 Å². The monoisotopic (exact) mass is 1010 g/mol. The molecule has 12 aromatic carbocycles. The van der Waals surface area contributed by atoms with Crippen LogP contribution in [0.1, 0.15) is 0 Å². The number of hydrogen-bond donors (Lipinski definition) is 0. The Morgan fingerprint density at radius 1 is 0.190 bits per heavy atom. The Labute approximate surface area is 458 Å². The molecule has 0 amide bonds. The van der Waals surface area contributed by atoms with Crippen LogP contribution in [0.2, 0.25) is 0 Å². The van der Waals surface area contributed by atoms with Crippen molar-refractivity contribution in [3.05, 3.63) is 303 Å². The molecule has 0 aliphatic carbocycles. The molecule has 0 radical (unpaired) electrons. The van der Waals surface area contributed by atoms with Crippen LogP contribution in [0, 0.1) is 0 Å². The van der Waals surface area contributed by atoms with E-state index in [-0.39, 0.29) is 0 Å². The van der Waals surface area contributed by atoms with E-state index in [1.807, 2.05) is 0 Å². The smallest absolute Gasteiger partial charge is 0.295 e. The van der Waals surface area contributed by atoms with E-state index >= 15 is 0 Å². The molecule has 0 unspecified atom stereocenters. The van der Waals surface area contributed by atoms with E-state index in [4.69, 9.17) is 0 Å². The SMILES string of the molecule is c1ccc(-c2ccc(-n3c4ccccc4c4cc5c(cc43)N(c3ccccc3)C3(N5c4ccccc4)N(c4ccccc4)c4cc5c6ccccc6n(-c6ccc(-c7ccccc7)cc6)c5cc4N3c3ccccc3)cc2)cc1. The summed E-state index contributed by atoms with van der Waals surface area (Å²) in [5.41, 5.74) is 20.0. The summed E-state index contributed by atoms with van der Waals surface area (Å²) in [5.74, 6) is -1.16. The molecule has 1 spiro atoms. The van der Waals surface area contributed by atoms with Crippen molar-refractivity contribution < 1.29 is 0 Å². The summed E-state index contributed by atoms with van der Waals surface area (Å²) in [5, 5.41) is 4.72. The van der Waals surface area contributed by atoms with Gasteiger partial charge in [0.05, 0.1) is 44.8 Å². The Balaban J connectivity index is 1.02. The maximum Gasteiger partial charge on any atom is 0.295 e. The summed E-state index contributed by atoms with van der Waals surface area (Å²) < 4.78 is 4.91. The number of para-hydroxylation sites is 6. The molecule has 16 rings (SSSR count). The van der Waals surface area contributed by atoms with Crippen molar-refractivity contribution in [1.82, 2.24) is 9.13 Å². The van der Waals surface area contributed by atoms with E-state index in [0.29, 0.717) is 0 Å². The van der Waals surface area contributed by atoms with Crippen molar-refractivity contribution in [3.63, 3.8) is 0 Å². The second kappa shape index (κ2) is 17.8. The van der Waals surface area contributed by atoms with Gasteiger partial charge in [-0.15, -0.1) is 0 Å². The topological polar surface area (TPSA) is 22.8 Å². The van der Waals surface area contributed by atoms with Gasteiger partial charge in [0.1, 0.15) is 0 Å². The van der Waals surface area contributed by atoms with Crippen LogP contribution in [0.25, 0.3) is 77.2 Å². The van der Waals surface area contributed by atoms with Crippen LogP contribution < -0.4 is 19.6 Å². The Bertz CT molecular complexity index is 4280. The largest absolute Gasteiger partial charge is 0.309 e. The Hall–Kier alpha value is -10.6. The summed E-state index contributed by atoms with van der Waals surface area (Å²) in [6.45, 7) is 0. The van der Waals surface area contributed by atoms with E-state index in [2.05, 4.69) is 332 Å². The van der Waals surface area contributed by atoms with E-state index in [0.717, 1.165) is 78.9 Å². The molecule has 2 aromatic heterocycles. The van der Waals surface area contributed by atoms with E-state index < -0.39 is 5.91 Å². The van der Waals surface area contributed by atoms with Gasteiger partial charge in [-0.25, -0.2) is 0 Å². The molecule has 0 saturated heterocycles. The summed E-state index contributed by atoms with van der Waals surface area (Å²) in [6.07, 6.45) is 0. The molecule has 372 valence electrons. The fourth-order valence-corrected chi connectivity index (χ4v) is 12.9. The van der Waals surface area contributed by atoms with Crippen molar-refractivity contribution in [1.29, 1.82) is 0 Å². The van der Waals surface area contributed by atoms with Gasteiger partial charge in [0.15, 0.2) is 0 Å². The van der Waals surface area contributed by atoms with Crippen molar-refractivity contribution in [2.45, 2.75) is 5.91 Å². The van der Waals surface area contributed by atoms with E-state index in [1.54, 1.807) is 0 Å². The quantitative estimate of drug-likeness (QED) is 0.151. The third kappa shape index (κ3) is 6.71. The summed E-state index contributed by atoms with van der Waals surface area (Å²) >= 11 is 0. The molecule has 0 N–H and O–H groups in total. The first kappa shape index (κ1) is 44.7. The first-order chi connectivity index (χ1) is 39.2. The van der Waals surface area contributed by atoms with Gasteiger partial charge in [0, 0.05) is 55.7 Å².